The molecule has 0 unspecified atom stereocenters. The maximum Gasteiger partial charge on any atom is 0.235 e. The number of anilines is 2. The zero-order valence-corrected chi connectivity index (χ0v) is 18.1. The molecule has 1 N–H and O–H groups in total. The van der Waals surface area contributed by atoms with Gasteiger partial charge in [-0.25, -0.2) is 0 Å². The number of rotatable bonds is 6. The molecule has 2 bridgehead atoms. The van der Waals surface area contributed by atoms with Crippen LogP contribution in [0.25, 0.3) is 0 Å². The molecule has 10 nitrogen and oxygen atoms in total. The van der Waals surface area contributed by atoms with Crippen molar-refractivity contribution in [1.82, 2.24) is 5.16 Å². The fourth-order valence-electron chi connectivity index (χ4n) is 4.85. The van der Waals surface area contributed by atoms with Crippen LogP contribution in [0.3, 0.4) is 0 Å². The standard InChI is InChI=1S/C22H23N3O7/c1-11-7-16(24-32-11)25-10-22-6-5-13(31-22)17(18(22)21(25)27)20(26)23-12-8-14(28-2)19(30-4)15(9-12)29-3/h5-9,13,17-18H,10H2,1-4H3,(H,23,26)/t13-,17+,18-,22+/m1/s1. The molecule has 2 amide bonds. The quantitative estimate of drug-likeness (QED) is 0.677. The molecule has 1 aromatic heterocycles. The van der Waals surface area contributed by atoms with Gasteiger partial charge in [0.25, 0.3) is 0 Å². The van der Waals surface area contributed by atoms with E-state index in [2.05, 4.69) is 10.5 Å². The lowest BCUT2D eigenvalue weighted by Gasteiger charge is -2.23. The van der Waals surface area contributed by atoms with Crippen LogP contribution in [0.4, 0.5) is 11.5 Å². The van der Waals surface area contributed by atoms with Crippen LogP contribution in [0.2, 0.25) is 0 Å². The van der Waals surface area contributed by atoms with Gasteiger partial charge in [-0.05, 0) is 6.92 Å². The molecule has 3 aliphatic heterocycles. The largest absolute Gasteiger partial charge is 0.493 e. The van der Waals surface area contributed by atoms with Crippen molar-refractivity contribution in [2.75, 3.05) is 38.1 Å². The zero-order chi connectivity index (χ0) is 22.6. The first-order valence-electron chi connectivity index (χ1n) is 10.1. The smallest absolute Gasteiger partial charge is 0.235 e. The Labute approximate surface area is 184 Å². The fraction of sp³-hybridized carbons (Fsp3) is 0.409. The molecule has 2 fully saturated rings. The molecule has 10 heteroatoms. The zero-order valence-electron chi connectivity index (χ0n) is 18.1. The number of ether oxygens (including phenoxy) is 4. The molecule has 0 aliphatic carbocycles. The minimum Gasteiger partial charge on any atom is -0.493 e. The van der Waals surface area contributed by atoms with Crippen molar-refractivity contribution in [3.63, 3.8) is 0 Å². The van der Waals surface area contributed by atoms with Crippen molar-refractivity contribution in [2.45, 2.75) is 18.6 Å². The van der Waals surface area contributed by atoms with Crippen LogP contribution in [0.1, 0.15) is 5.76 Å². The average molecular weight is 441 g/mol. The molecule has 5 rings (SSSR count). The van der Waals surface area contributed by atoms with E-state index in [1.54, 1.807) is 25.1 Å². The van der Waals surface area contributed by atoms with Gasteiger partial charge in [0.1, 0.15) is 11.4 Å². The highest BCUT2D eigenvalue weighted by molar-refractivity contribution is 6.05. The van der Waals surface area contributed by atoms with E-state index in [1.807, 2.05) is 12.2 Å². The number of hydrogen-bond donors (Lipinski definition) is 1. The summed E-state index contributed by atoms with van der Waals surface area (Å²) in [5.41, 5.74) is -0.397. The minimum absolute atomic E-state index is 0.213. The topological polar surface area (TPSA) is 112 Å². The third-order valence-electron chi connectivity index (χ3n) is 6.23. The highest BCUT2D eigenvalue weighted by Crippen LogP contribution is 2.53. The number of amides is 2. The van der Waals surface area contributed by atoms with Crippen LogP contribution in [-0.4, -0.2) is 56.6 Å². The van der Waals surface area contributed by atoms with Gasteiger partial charge in [-0.1, -0.05) is 17.3 Å². The summed E-state index contributed by atoms with van der Waals surface area (Å²) >= 11 is 0. The monoisotopic (exact) mass is 441 g/mol. The number of nitrogens with zero attached hydrogens (tertiary/aromatic N) is 2. The Morgan fingerprint density at radius 1 is 1.19 bits per heavy atom. The summed E-state index contributed by atoms with van der Waals surface area (Å²) in [5, 5.41) is 6.84. The van der Waals surface area contributed by atoms with Crippen LogP contribution in [0, 0.1) is 18.8 Å². The van der Waals surface area contributed by atoms with Crippen LogP contribution in [0.15, 0.2) is 34.9 Å². The molecule has 4 heterocycles. The molecule has 1 spiro atoms. The number of benzene rings is 1. The average Bonchev–Trinajstić information content (AvgIpc) is 3.53. The van der Waals surface area contributed by atoms with Gasteiger partial charge in [0, 0.05) is 23.9 Å². The Bertz CT molecular complexity index is 1100. The van der Waals surface area contributed by atoms with E-state index in [4.69, 9.17) is 23.5 Å². The second-order valence-electron chi connectivity index (χ2n) is 8.02. The molecule has 3 aliphatic rings. The second-order valence-corrected chi connectivity index (χ2v) is 8.02. The Morgan fingerprint density at radius 2 is 1.91 bits per heavy atom. The maximum atomic E-state index is 13.3. The van der Waals surface area contributed by atoms with Crippen molar-refractivity contribution in [3.05, 3.63) is 36.1 Å². The first-order chi connectivity index (χ1) is 15.4. The Morgan fingerprint density at radius 3 is 2.50 bits per heavy atom. The fourth-order valence-corrected chi connectivity index (χ4v) is 4.85. The number of methoxy groups -OCH3 is 3. The molecule has 0 saturated carbocycles. The van der Waals surface area contributed by atoms with Gasteiger partial charge < -0.3 is 28.8 Å². The summed E-state index contributed by atoms with van der Waals surface area (Å²) in [5.74, 6) is 0.366. The van der Waals surface area contributed by atoms with E-state index in [-0.39, 0.29) is 18.4 Å². The van der Waals surface area contributed by atoms with Crippen molar-refractivity contribution >= 4 is 23.3 Å². The van der Waals surface area contributed by atoms with Crippen molar-refractivity contribution in [2.24, 2.45) is 11.8 Å². The molecular weight excluding hydrogens is 418 g/mol. The number of fused-ring (bicyclic) bond motifs is 1. The van der Waals surface area contributed by atoms with Gasteiger partial charge >= 0.3 is 0 Å². The van der Waals surface area contributed by atoms with E-state index < -0.39 is 23.5 Å². The SMILES string of the molecule is COc1cc(NC(=O)[C@H]2[C@H]3C=C[C@@]4(CN(c5cc(C)on5)C(=O)[C@@H]24)O3)cc(OC)c1OC. The summed E-state index contributed by atoms with van der Waals surface area (Å²) in [4.78, 5) is 28.2. The third kappa shape index (κ3) is 2.86. The van der Waals surface area contributed by atoms with Gasteiger partial charge in [0.05, 0.1) is 45.8 Å². The number of hydrogen-bond acceptors (Lipinski definition) is 8. The molecular formula is C22H23N3O7. The van der Waals surface area contributed by atoms with E-state index in [0.29, 0.717) is 34.5 Å². The van der Waals surface area contributed by atoms with Gasteiger partial charge in [-0.15, -0.1) is 0 Å². The van der Waals surface area contributed by atoms with Crippen molar-refractivity contribution in [3.8, 4) is 17.2 Å². The lowest BCUT2D eigenvalue weighted by atomic mass is 9.77. The van der Waals surface area contributed by atoms with E-state index in [0.717, 1.165) is 0 Å². The summed E-state index contributed by atoms with van der Waals surface area (Å²) in [6.07, 6.45) is 3.25. The molecule has 1 aromatic carbocycles. The number of aryl methyl sites for hydroxylation is 1. The van der Waals surface area contributed by atoms with Crippen LogP contribution >= 0.6 is 0 Å². The molecule has 2 aromatic rings. The normalized spacial score (nSPS) is 27.6. The molecule has 4 atom stereocenters. The lowest BCUT2D eigenvalue weighted by Crippen LogP contribution is -2.41. The molecule has 2 saturated heterocycles. The number of carbonyl (C=O) groups excluding carboxylic acids is 2. The summed E-state index contributed by atoms with van der Waals surface area (Å²) in [7, 11) is 4.50. The van der Waals surface area contributed by atoms with E-state index >= 15 is 0 Å². The van der Waals surface area contributed by atoms with Gasteiger partial charge in [0.15, 0.2) is 17.3 Å². The maximum absolute atomic E-state index is 13.3. The van der Waals surface area contributed by atoms with E-state index in [9.17, 15) is 9.59 Å². The Hall–Kier alpha value is -3.53. The molecule has 0 radical (unpaired) electrons. The van der Waals surface area contributed by atoms with Crippen LogP contribution < -0.4 is 24.4 Å². The van der Waals surface area contributed by atoms with Gasteiger partial charge in [0.2, 0.25) is 17.6 Å². The molecule has 168 valence electrons. The van der Waals surface area contributed by atoms with Gasteiger partial charge in [-0.3, -0.25) is 14.5 Å². The number of carbonyl (C=O) groups is 2. The second kappa shape index (κ2) is 7.27. The summed E-state index contributed by atoms with van der Waals surface area (Å²) in [6.45, 7) is 2.04. The summed E-state index contributed by atoms with van der Waals surface area (Å²) < 4.78 is 27.3. The van der Waals surface area contributed by atoms with Crippen molar-refractivity contribution < 1.29 is 33.1 Å². The predicted octanol–water partition coefficient (Wildman–Crippen LogP) is 1.93. The van der Waals surface area contributed by atoms with Crippen LogP contribution in [-0.2, 0) is 14.3 Å². The summed E-state index contributed by atoms with van der Waals surface area (Å²) in [6, 6.07) is 4.97. The third-order valence-corrected chi connectivity index (χ3v) is 6.23. The minimum atomic E-state index is -0.855. The lowest BCUT2D eigenvalue weighted by molar-refractivity contribution is -0.128. The first kappa shape index (κ1) is 20.4. The Balaban J connectivity index is 1.43. The predicted molar refractivity (Wildman–Crippen MR) is 112 cm³/mol. The highest BCUT2D eigenvalue weighted by atomic mass is 16.5. The van der Waals surface area contributed by atoms with Gasteiger partial charge in [-0.2, -0.15) is 0 Å². The van der Waals surface area contributed by atoms with E-state index in [1.165, 1.54) is 26.2 Å². The highest BCUT2D eigenvalue weighted by Gasteiger charge is 2.67. The number of nitrogens with one attached hydrogen (secondary N) is 1. The van der Waals surface area contributed by atoms with Crippen molar-refractivity contribution in [1.29, 1.82) is 0 Å². The van der Waals surface area contributed by atoms with Crippen LogP contribution in [0.5, 0.6) is 17.2 Å². The Kier molecular flexibility index (Phi) is 4.63. The first-order valence-corrected chi connectivity index (χ1v) is 10.1. The molecule has 32 heavy (non-hydrogen) atoms. The number of aromatic nitrogens is 1.